The fourth-order valence-electron chi connectivity index (χ4n) is 2.87. The van der Waals surface area contributed by atoms with E-state index < -0.39 is 34.9 Å². The number of amides is 1. The third-order valence-corrected chi connectivity index (χ3v) is 4.50. The van der Waals surface area contributed by atoms with Crippen molar-refractivity contribution in [3.8, 4) is 0 Å². The summed E-state index contributed by atoms with van der Waals surface area (Å²) in [6.45, 7) is 8.14. The van der Waals surface area contributed by atoms with Crippen molar-refractivity contribution in [1.82, 2.24) is 10.8 Å². The second kappa shape index (κ2) is 9.21. The van der Waals surface area contributed by atoms with Gasteiger partial charge in [-0.15, -0.1) is 0 Å². The van der Waals surface area contributed by atoms with Crippen LogP contribution in [0.25, 0.3) is 0 Å². The monoisotopic (exact) mass is 416 g/mol. The highest BCUT2D eigenvalue weighted by Gasteiger charge is 2.44. The van der Waals surface area contributed by atoms with Crippen LogP contribution in [-0.4, -0.2) is 40.7 Å². The smallest absolute Gasteiger partial charge is 0.308 e. The first-order valence-electron chi connectivity index (χ1n) is 9.77. The zero-order chi connectivity index (χ0) is 22.5. The first-order chi connectivity index (χ1) is 14.0. The summed E-state index contributed by atoms with van der Waals surface area (Å²) < 4.78 is 5.23. The third-order valence-electron chi connectivity index (χ3n) is 4.50. The molecule has 0 saturated carbocycles. The van der Waals surface area contributed by atoms with Crippen LogP contribution in [0.2, 0.25) is 0 Å². The molecule has 8 nitrogen and oxygen atoms in total. The van der Waals surface area contributed by atoms with Crippen molar-refractivity contribution in [3.63, 3.8) is 0 Å². The predicted molar refractivity (Wildman–Crippen MR) is 109 cm³/mol. The number of hydrogen-bond acceptors (Lipinski definition) is 7. The highest BCUT2D eigenvalue weighted by molar-refractivity contribution is 6.09. The molecule has 1 aromatic rings. The van der Waals surface area contributed by atoms with Crippen molar-refractivity contribution in [2.24, 2.45) is 0 Å². The van der Waals surface area contributed by atoms with Crippen LogP contribution < -0.4 is 10.8 Å². The molecule has 0 aliphatic carbocycles. The molecular weight excluding hydrogens is 388 g/mol. The maximum Gasteiger partial charge on any atom is 0.308 e. The molecule has 0 saturated heterocycles. The van der Waals surface area contributed by atoms with Crippen LogP contribution in [0.15, 0.2) is 42.1 Å². The molecule has 0 fully saturated rings. The van der Waals surface area contributed by atoms with E-state index in [1.165, 1.54) is 13.0 Å². The molecule has 0 bridgehead atoms. The Labute approximate surface area is 176 Å². The van der Waals surface area contributed by atoms with Crippen molar-refractivity contribution < 1.29 is 28.8 Å². The lowest BCUT2D eigenvalue weighted by Gasteiger charge is -2.26. The summed E-state index contributed by atoms with van der Waals surface area (Å²) in [6.07, 6.45) is 1.31. The molecule has 1 heterocycles. The van der Waals surface area contributed by atoms with Gasteiger partial charge in [-0.05, 0) is 40.2 Å². The number of ketones is 2. The Kier molecular flexibility index (Phi) is 7.15. The SMILES string of the molecule is CCC1(C(=O)NC(CC(=O)OC(C)(C)C)C(C)=O)C=C(C(=O)c2ccccc2)NO1. The van der Waals surface area contributed by atoms with E-state index >= 15 is 0 Å². The molecule has 1 aliphatic rings. The van der Waals surface area contributed by atoms with Crippen molar-refractivity contribution >= 4 is 23.4 Å². The molecule has 0 spiro atoms. The van der Waals surface area contributed by atoms with Crippen LogP contribution in [-0.2, 0) is 24.0 Å². The minimum absolute atomic E-state index is 0.129. The lowest BCUT2D eigenvalue weighted by Crippen LogP contribution is -2.52. The summed E-state index contributed by atoms with van der Waals surface area (Å²) in [5, 5.41) is 2.56. The van der Waals surface area contributed by atoms with Gasteiger partial charge in [0.15, 0.2) is 11.4 Å². The van der Waals surface area contributed by atoms with Crippen LogP contribution in [0.1, 0.15) is 57.8 Å². The minimum Gasteiger partial charge on any atom is -0.460 e. The number of carbonyl (C=O) groups is 4. The second-order valence-electron chi connectivity index (χ2n) is 8.13. The van der Waals surface area contributed by atoms with Gasteiger partial charge in [-0.25, -0.2) is 0 Å². The fraction of sp³-hybridized carbons (Fsp3) is 0.455. The number of Topliss-reactive ketones (excluding diaryl/α,β-unsaturated/α-hetero) is 2. The zero-order valence-corrected chi connectivity index (χ0v) is 17.9. The van der Waals surface area contributed by atoms with Crippen LogP contribution >= 0.6 is 0 Å². The van der Waals surface area contributed by atoms with Crippen LogP contribution in [0.3, 0.4) is 0 Å². The lowest BCUT2D eigenvalue weighted by atomic mass is 9.96. The number of esters is 1. The van der Waals surface area contributed by atoms with E-state index in [1.54, 1.807) is 58.0 Å². The Bertz CT molecular complexity index is 856. The number of benzene rings is 1. The Morgan fingerprint density at radius 2 is 1.80 bits per heavy atom. The van der Waals surface area contributed by atoms with Crippen molar-refractivity contribution in [1.29, 1.82) is 0 Å². The summed E-state index contributed by atoms with van der Waals surface area (Å²) >= 11 is 0. The maximum atomic E-state index is 12.9. The van der Waals surface area contributed by atoms with Crippen molar-refractivity contribution in [2.45, 2.75) is 64.7 Å². The summed E-state index contributed by atoms with van der Waals surface area (Å²) in [5.41, 5.74) is 0.907. The average molecular weight is 416 g/mol. The maximum absolute atomic E-state index is 12.9. The number of nitrogens with one attached hydrogen (secondary N) is 2. The first-order valence-corrected chi connectivity index (χ1v) is 9.77. The molecule has 1 aromatic carbocycles. The topological polar surface area (TPSA) is 111 Å². The normalized spacial score (nSPS) is 19.3. The van der Waals surface area contributed by atoms with Gasteiger partial charge in [0, 0.05) is 5.56 Å². The Hall–Kier alpha value is -3.00. The molecule has 30 heavy (non-hydrogen) atoms. The molecule has 2 atom stereocenters. The first kappa shape index (κ1) is 23.3. The number of hydroxylamine groups is 1. The Balaban J connectivity index is 2.16. The molecule has 2 N–H and O–H groups in total. The van der Waals surface area contributed by atoms with Gasteiger partial charge in [0.2, 0.25) is 5.78 Å². The van der Waals surface area contributed by atoms with E-state index in [0.717, 1.165) is 0 Å². The van der Waals surface area contributed by atoms with E-state index in [9.17, 15) is 19.2 Å². The number of carbonyl (C=O) groups excluding carboxylic acids is 4. The lowest BCUT2D eigenvalue weighted by molar-refractivity contribution is -0.157. The van der Waals surface area contributed by atoms with E-state index in [0.29, 0.717) is 5.56 Å². The van der Waals surface area contributed by atoms with Gasteiger partial charge in [0.05, 0.1) is 12.5 Å². The largest absolute Gasteiger partial charge is 0.460 e. The second-order valence-corrected chi connectivity index (χ2v) is 8.13. The molecular formula is C22H28N2O6. The number of rotatable bonds is 8. The molecule has 2 unspecified atom stereocenters. The highest BCUT2D eigenvalue weighted by Crippen LogP contribution is 2.26. The number of ether oxygens (including phenoxy) is 1. The van der Waals surface area contributed by atoms with Crippen molar-refractivity contribution in [3.05, 3.63) is 47.7 Å². The molecule has 2 rings (SSSR count). The van der Waals surface area contributed by atoms with Gasteiger partial charge in [-0.3, -0.25) is 29.5 Å². The predicted octanol–water partition coefficient (Wildman–Crippen LogP) is 2.24. The van der Waals surface area contributed by atoms with E-state index in [-0.39, 0.29) is 24.3 Å². The Morgan fingerprint density at radius 1 is 1.17 bits per heavy atom. The minimum atomic E-state index is -1.48. The van der Waals surface area contributed by atoms with Gasteiger partial charge >= 0.3 is 5.97 Å². The quantitative estimate of drug-likeness (QED) is 0.494. The van der Waals surface area contributed by atoms with Gasteiger partial charge in [0.25, 0.3) is 5.91 Å². The fourth-order valence-corrected chi connectivity index (χ4v) is 2.87. The molecule has 0 radical (unpaired) electrons. The summed E-state index contributed by atoms with van der Waals surface area (Å²) in [4.78, 5) is 55.1. The summed E-state index contributed by atoms with van der Waals surface area (Å²) in [6, 6.07) is 7.50. The standard InChI is InChI=1S/C22H28N2O6/c1-6-22(13-17(24-30-22)19(27)15-10-8-7-9-11-15)20(28)23-16(14(2)25)12-18(26)29-21(3,4)5/h7-11,13,16,24H,6,12H2,1-5H3,(H,23,28). The highest BCUT2D eigenvalue weighted by atomic mass is 16.7. The van der Waals surface area contributed by atoms with Crippen LogP contribution in [0.5, 0.6) is 0 Å². The van der Waals surface area contributed by atoms with Gasteiger partial charge < -0.3 is 10.1 Å². The van der Waals surface area contributed by atoms with Gasteiger partial charge in [-0.1, -0.05) is 37.3 Å². The van der Waals surface area contributed by atoms with Gasteiger partial charge in [0.1, 0.15) is 11.3 Å². The summed E-state index contributed by atoms with van der Waals surface area (Å²) in [5.74, 6) is -1.95. The molecule has 162 valence electrons. The average Bonchev–Trinajstić information content (AvgIpc) is 3.12. The van der Waals surface area contributed by atoms with Crippen LogP contribution in [0.4, 0.5) is 0 Å². The molecule has 1 aliphatic heterocycles. The van der Waals surface area contributed by atoms with Gasteiger partial charge in [-0.2, -0.15) is 0 Å². The number of allylic oxidation sites excluding steroid dienone is 1. The van der Waals surface area contributed by atoms with E-state index in [2.05, 4.69) is 10.8 Å². The van der Waals surface area contributed by atoms with Crippen molar-refractivity contribution in [2.75, 3.05) is 0 Å². The molecule has 1 amide bonds. The van der Waals surface area contributed by atoms with E-state index in [1.807, 2.05) is 0 Å². The molecule has 0 aromatic heterocycles. The number of hydrogen-bond donors (Lipinski definition) is 2. The zero-order valence-electron chi connectivity index (χ0n) is 17.9. The summed E-state index contributed by atoms with van der Waals surface area (Å²) in [7, 11) is 0. The third kappa shape index (κ3) is 5.76. The molecule has 8 heteroatoms. The van der Waals surface area contributed by atoms with E-state index in [4.69, 9.17) is 9.57 Å². The Morgan fingerprint density at radius 3 is 2.33 bits per heavy atom. The van der Waals surface area contributed by atoms with Crippen LogP contribution in [0, 0.1) is 0 Å².